The first-order valence-electron chi connectivity index (χ1n) is 12.5. The van der Waals surface area contributed by atoms with Crippen LogP contribution in [0.15, 0.2) is 67.4 Å². The van der Waals surface area contributed by atoms with E-state index in [-0.39, 0.29) is 17.6 Å². The van der Waals surface area contributed by atoms with Crippen LogP contribution in [0.25, 0.3) is 27.7 Å². The van der Waals surface area contributed by atoms with Gasteiger partial charge in [0.25, 0.3) is 5.91 Å². The Balaban J connectivity index is 1.29. The van der Waals surface area contributed by atoms with Crippen LogP contribution in [0.1, 0.15) is 38.5 Å². The predicted octanol–water partition coefficient (Wildman–Crippen LogP) is 4.78. The van der Waals surface area contributed by atoms with Crippen LogP contribution in [0.5, 0.6) is 0 Å². The van der Waals surface area contributed by atoms with Crippen molar-refractivity contribution in [3.8, 4) is 16.8 Å². The Bertz CT molecular complexity index is 1710. The Labute approximate surface area is 229 Å². The Morgan fingerprint density at radius 2 is 1.90 bits per heavy atom. The second kappa shape index (κ2) is 9.99. The molecule has 2 aromatic carbocycles. The topological polar surface area (TPSA) is 104 Å². The number of hydrogen-bond acceptors (Lipinski definition) is 6. The number of methoxy groups -OCH3 is 1. The van der Waals surface area contributed by atoms with Crippen molar-refractivity contribution in [3.63, 3.8) is 0 Å². The van der Waals surface area contributed by atoms with E-state index in [0.717, 1.165) is 46.1 Å². The zero-order valence-electron chi connectivity index (χ0n) is 21.4. The number of rotatable bonds is 5. The largest absolute Gasteiger partial charge is 0.464 e. The number of aromatic nitrogens is 5. The fraction of sp³-hybridized carbons (Fsp3) is 0.207. The van der Waals surface area contributed by atoms with Gasteiger partial charge in [0, 0.05) is 52.2 Å². The normalized spacial score (nSPS) is 14.7. The Kier molecular flexibility index (Phi) is 6.36. The number of amides is 1. The van der Waals surface area contributed by atoms with E-state index in [9.17, 15) is 9.59 Å². The van der Waals surface area contributed by atoms with Crippen molar-refractivity contribution in [1.29, 1.82) is 0 Å². The van der Waals surface area contributed by atoms with Gasteiger partial charge in [0.1, 0.15) is 18.3 Å². The van der Waals surface area contributed by atoms with Gasteiger partial charge in [-0.15, -0.1) is 10.2 Å². The minimum absolute atomic E-state index is 0.0665. The van der Waals surface area contributed by atoms with Crippen molar-refractivity contribution < 1.29 is 14.3 Å². The Morgan fingerprint density at radius 1 is 1.08 bits per heavy atom. The summed E-state index contributed by atoms with van der Waals surface area (Å²) in [6.45, 7) is 2.70. The summed E-state index contributed by atoms with van der Waals surface area (Å²) in [6, 6.07) is 15.2. The van der Waals surface area contributed by atoms with Crippen LogP contribution in [0, 0.1) is 6.92 Å². The molecule has 0 spiro atoms. The number of aryl methyl sites for hydroxylation is 1. The van der Waals surface area contributed by atoms with Gasteiger partial charge in [-0.2, -0.15) is 0 Å². The fourth-order valence-corrected chi connectivity index (χ4v) is 5.53. The highest BCUT2D eigenvalue weighted by molar-refractivity contribution is 6.34. The maximum absolute atomic E-state index is 13.2. The van der Waals surface area contributed by atoms with Crippen molar-refractivity contribution >= 4 is 34.4 Å². The summed E-state index contributed by atoms with van der Waals surface area (Å²) in [5.41, 5.74) is 6.95. The van der Waals surface area contributed by atoms with Gasteiger partial charge in [0.05, 0.1) is 17.7 Å². The molecule has 1 aliphatic rings. The number of fused-ring (bicyclic) bond motifs is 3. The van der Waals surface area contributed by atoms with Crippen molar-refractivity contribution in [3.05, 3.63) is 94.9 Å². The van der Waals surface area contributed by atoms with Crippen LogP contribution in [0.3, 0.4) is 0 Å². The molecule has 39 heavy (non-hydrogen) atoms. The minimum atomic E-state index is -0.465. The van der Waals surface area contributed by atoms with Gasteiger partial charge in [0.2, 0.25) is 0 Å². The van der Waals surface area contributed by atoms with Crippen LogP contribution in [0.2, 0.25) is 5.02 Å². The number of carbonyl (C=O) groups is 2. The van der Waals surface area contributed by atoms with Crippen molar-refractivity contribution in [2.24, 2.45) is 0 Å². The molecule has 0 bridgehead atoms. The smallest absolute Gasteiger partial charge is 0.356 e. The van der Waals surface area contributed by atoms with Crippen LogP contribution in [-0.2, 0) is 17.7 Å². The van der Waals surface area contributed by atoms with E-state index in [4.69, 9.17) is 16.3 Å². The zero-order chi connectivity index (χ0) is 27.1. The molecule has 1 amide bonds. The van der Waals surface area contributed by atoms with Crippen molar-refractivity contribution in [2.75, 3.05) is 7.11 Å². The summed E-state index contributed by atoms with van der Waals surface area (Å²) in [7, 11) is 1.34. The minimum Gasteiger partial charge on any atom is -0.464 e. The number of nitrogens with zero attached hydrogens (tertiary/aromatic N) is 5. The van der Waals surface area contributed by atoms with Crippen LogP contribution in [0.4, 0.5) is 0 Å². The predicted molar refractivity (Wildman–Crippen MR) is 147 cm³/mol. The van der Waals surface area contributed by atoms with Gasteiger partial charge < -0.3 is 14.6 Å². The Morgan fingerprint density at radius 3 is 2.62 bits per heavy atom. The number of nitrogens with one attached hydrogen (secondary N) is 1. The first-order chi connectivity index (χ1) is 18.9. The molecule has 0 fully saturated rings. The molecule has 10 heteroatoms. The lowest BCUT2D eigenvalue weighted by Gasteiger charge is -2.27. The molecule has 6 rings (SSSR count). The molecule has 3 aromatic heterocycles. The standard InChI is InChI=1S/C29H25ClN6O3/c1-17-3-9-25-22(11-17)27(18-4-8-24(31-13-18)29(38)39-2)26-10-5-19(14-36(25)26)34-28(37)21-7-6-20(12-23(21)30)35-15-32-33-16-35/h3-4,6-9,11-13,15-16,19H,5,10,14H2,1-2H3,(H,34,37). The third-order valence-electron chi connectivity index (χ3n) is 7.16. The molecule has 0 saturated carbocycles. The average molecular weight is 541 g/mol. The Hall–Kier alpha value is -4.50. The maximum Gasteiger partial charge on any atom is 0.356 e. The summed E-state index contributed by atoms with van der Waals surface area (Å²) < 4.78 is 8.80. The van der Waals surface area contributed by atoms with E-state index >= 15 is 0 Å². The number of carbonyl (C=O) groups excluding carboxylic acids is 2. The summed E-state index contributed by atoms with van der Waals surface area (Å²) in [6.07, 6.45) is 6.42. The number of halogens is 1. The lowest BCUT2D eigenvalue weighted by molar-refractivity contribution is 0.0594. The van der Waals surface area contributed by atoms with Gasteiger partial charge in [0.15, 0.2) is 0 Å². The third kappa shape index (κ3) is 4.55. The molecule has 196 valence electrons. The molecule has 4 heterocycles. The third-order valence-corrected chi connectivity index (χ3v) is 7.47. The van der Waals surface area contributed by atoms with Gasteiger partial charge in [-0.3, -0.25) is 9.36 Å². The number of benzene rings is 2. The van der Waals surface area contributed by atoms with E-state index in [1.807, 2.05) is 12.1 Å². The summed E-state index contributed by atoms with van der Waals surface area (Å²) >= 11 is 6.49. The first-order valence-corrected chi connectivity index (χ1v) is 12.9. The molecular formula is C29H25ClN6O3. The molecule has 0 aliphatic carbocycles. The van der Waals surface area contributed by atoms with Crippen LogP contribution < -0.4 is 5.32 Å². The molecule has 9 nitrogen and oxygen atoms in total. The van der Waals surface area contributed by atoms with Gasteiger partial charge in [-0.1, -0.05) is 29.3 Å². The average Bonchev–Trinajstić information content (AvgIpc) is 3.59. The number of hydrogen-bond donors (Lipinski definition) is 1. The lowest BCUT2D eigenvalue weighted by atomic mass is 9.97. The second-order valence-corrected chi connectivity index (χ2v) is 10.0. The molecule has 0 radical (unpaired) electrons. The summed E-state index contributed by atoms with van der Waals surface area (Å²) in [5, 5.41) is 12.3. The SMILES string of the molecule is COC(=O)c1ccc(-c2c3n(c4ccc(C)cc24)CC(NC(=O)c2ccc(-n4cnnc4)cc2Cl)CC3)cn1. The fourth-order valence-electron chi connectivity index (χ4n) is 5.27. The number of esters is 1. The van der Waals surface area contributed by atoms with E-state index in [0.29, 0.717) is 17.1 Å². The van der Waals surface area contributed by atoms with Crippen molar-refractivity contribution in [1.82, 2.24) is 29.6 Å². The quantitative estimate of drug-likeness (QED) is 0.322. The monoisotopic (exact) mass is 540 g/mol. The molecule has 0 saturated heterocycles. The highest BCUT2D eigenvalue weighted by Gasteiger charge is 2.27. The van der Waals surface area contributed by atoms with E-state index < -0.39 is 5.97 Å². The molecule has 1 atom stereocenters. The van der Waals surface area contributed by atoms with Crippen LogP contribution >= 0.6 is 11.6 Å². The zero-order valence-corrected chi connectivity index (χ0v) is 22.1. The molecule has 1 unspecified atom stereocenters. The van der Waals surface area contributed by atoms with Crippen LogP contribution in [-0.4, -0.2) is 49.3 Å². The molecule has 1 N–H and O–H groups in total. The van der Waals surface area contributed by atoms with E-state index in [1.54, 1.807) is 41.6 Å². The van der Waals surface area contributed by atoms with E-state index in [2.05, 4.69) is 50.2 Å². The number of ether oxygens (including phenoxy) is 1. The van der Waals surface area contributed by atoms with Gasteiger partial charge >= 0.3 is 5.97 Å². The van der Waals surface area contributed by atoms with E-state index in [1.165, 1.54) is 12.8 Å². The first kappa shape index (κ1) is 24.8. The molecule has 1 aliphatic heterocycles. The van der Waals surface area contributed by atoms with Crippen molar-refractivity contribution in [2.45, 2.75) is 32.4 Å². The summed E-state index contributed by atoms with van der Waals surface area (Å²) in [5.74, 6) is -0.674. The second-order valence-electron chi connectivity index (χ2n) is 9.62. The molecule has 5 aromatic rings. The maximum atomic E-state index is 13.2. The van der Waals surface area contributed by atoms with Gasteiger partial charge in [-0.25, -0.2) is 9.78 Å². The van der Waals surface area contributed by atoms with Gasteiger partial charge in [-0.05, 0) is 56.2 Å². The molecular weight excluding hydrogens is 516 g/mol. The summed E-state index contributed by atoms with van der Waals surface area (Å²) in [4.78, 5) is 29.4. The highest BCUT2D eigenvalue weighted by atomic mass is 35.5. The number of pyridine rings is 1. The lowest BCUT2D eigenvalue weighted by Crippen LogP contribution is -2.41. The highest BCUT2D eigenvalue weighted by Crippen LogP contribution is 2.38.